The molecule has 192 valence electrons. The Kier molecular flexibility index (Phi) is 6.09. The van der Waals surface area contributed by atoms with Crippen LogP contribution in [0, 0.1) is 18.3 Å². The van der Waals surface area contributed by atoms with Crippen molar-refractivity contribution in [3.05, 3.63) is 59.1 Å². The van der Waals surface area contributed by atoms with Gasteiger partial charge in [0.25, 0.3) is 0 Å². The Balaban J connectivity index is 1.25. The molecule has 6 rings (SSSR count). The number of aromatic amines is 1. The lowest BCUT2D eigenvalue weighted by atomic mass is 9.73. The number of imidazole rings is 1. The third-order valence-electron chi connectivity index (χ3n) is 7.63. The van der Waals surface area contributed by atoms with Crippen LogP contribution in [0.5, 0.6) is 0 Å². The van der Waals surface area contributed by atoms with E-state index in [-0.39, 0.29) is 11.9 Å². The highest BCUT2D eigenvalue weighted by Crippen LogP contribution is 2.44. The molecule has 1 aliphatic heterocycles. The van der Waals surface area contributed by atoms with Crippen LogP contribution in [0.4, 0.5) is 5.69 Å². The van der Waals surface area contributed by atoms with E-state index < -0.39 is 5.41 Å². The highest BCUT2D eigenvalue weighted by molar-refractivity contribution is 7.15. The van der Waals surface area contributed by atoms with Gasteiger partial charge in [0, 0.05) is 39.2 Å². The summed E-state index contributed by atoms with van der Waals surface area (Å²) in [6.45, 7) is 7.87. The molecule has 4 N–H and O–H groups in total. The largest absolute Gasteiger partial charge is 0.339 e. The first-order valence-corrected chi connectivity index (χ1v) is 13.8. The van der Waals surface area contributed by atoms with Crippen molar-refractivity contribution >= 4 is 34.1 Å². The first kappa shape index (κ1) is 24.2. The number of aromatic nitrogens is 4. The Morgan fingerprint density at radius 2 is 2.00 bits per heavy atom. The standard InChI is InChI=1S/C28H33N7OS/c1-15-5-8-22(37-15)19-9-10-30-25-23(19)32-26(33-25)24-20-12-16(6-7-21(20)34-35-24)17-11-18(14-29-13-17)31-27(36)28(2,3)4/h5,8-11,13-14,16,20-21,24,34-35H,6-7,12H2,1-4H3,(H,31,36)(H,30,32,33). The van der Waals surface area contributed by atoms with E-state index in [1.165, 1.54) is 15.3 Å². The van der Waals surface area contributed by atoms with E-state index in [1.54, 1.807) is 17.5 Å². The highest BCUT2D eigenvalue weighted by Gasteiger charge is 2.43. The van der Waals surface area contributed by atoms with Gasteiger partial charge in [-0.05, 0) is 67.9 Å². The lowest BCUT2D eigenvalue weighted by Crippen LogP contribution is -2.34. The fourth-order valence-electron chi connectivity index (χ4n) is 5.56. The number of carbonyl (C=O) groups excluding carboxylic acids is 1. The first-order valence-electron chi connectivity index (χ1n) is 12.9. The number of amides is 1. The van der Waals surface area contributed by atoms with Gasteiger partial charge in [0.15, 0.2) is 5.65 Å². The number of H-pyrrole nitrogens is 1. The second kappa shape index (κ2) is 9.31. The summed E-state index contributed by atoms with van der Waals surface area (Å²) in [6, 6.07) is 8.92. The number of rotatable bonds is 4. The van der Waals surface area contributed by atoms with Crippen molar-refractivity contribution < 1.29 is 4.79 Å². The Labute approximate surface area is 220 Å². The van der Waals surface area contributed by atoms with Crippen LogP contribution >= 0.6 is 11.3 Å². The van der Waals surface area contributed by atoms with E-state index in [2.05, 4.69) is 62.3 Å². The average Bonchev–Trinajstić information content (AvgIpc) is 3.60. The van der Waals surface area contributed by atoms with Gasteiger partial charge in [0.1, 0.15) is 5.82 Å². The fraction of sp³-hybridized carbons (Fsp3) is 0.429. The molecule has 37 heavy (non-hydrogen) atoms. The number of fused-ring (bicyclic) bond motifs is 2. The van der Waals surface area contributed by atoms with Crippen molar-refractivity contribution in [2.45, 2.75) is 65.0 Å². The molecule has 4 atom stereocenters. The molecule has 8 nitrogen and oxygen atoms in total. The fourth-order valence-corrected chi connectivity index (χ4v) is 6.46. The molecule has 0 spiro atoms. The van der Waals surface area contributed by atoms with Gasteiger partial charge in [-0.3, -0.25) is 15.2 Å². The SMILES string of the molecule is Cc1ccc(-c2ccnc3nc(C4NNC5CCC(c6cncc(NC(=O)C(C)(C)C)c6)CC54)[nH]c23)s1. The van der Waals surface area contributed by atoms with Gasteiger partial charge < -0.3 is 10.3 Å². The third-order valence-corrected chi connectivity index (χ3v) is 8.67. The molecule has 1 saturated heterocycles. The quantitative estimate of drug-likeness (QED) is 0.287. The summed E-state index contributed by atoms with van der Waals surface area (Å²) < 4.78 is 0. The van der Waals surface area contributed by atoms with Crippen molar-refractivity contribution in [3.8, 4) is 10.4 Å². The van der Waals surface area contributed by atoms with Crippen molar-refractivity contribution in [3.63, 3.8) is 0 Å². The van der Waals surface area contributed by atoms with Crippen molar-refractivity contribution in [2.24, 2.45) is 11.3 Å². The highest BCUT2D eigenvalue weighted by atomic mass is 32.1. The maximum atomic E-state index is 12.5. The summed E-state index contributed by atoms with van der Waals surface area (Å²) in [5.41, 5.74) is 11.4. The summed E-state index contributed by atoms with van der Waals surface area (Å²) in [6.07, 6.45) is 8.67. The van der Waals surface area contributed by atoms with Crippen LogP contribution in [0.3, 0.4) is 0 Å². The van der Waals surface area contributed by atoms with E-state index in [1.807, 2.05) is 33.2 Å². The summed E-state index contributed by atoms with van der Waals surface area (Å²) >= 11 is 1.78. The Morgan fingerprint density at radius 1 is 1.14 bits per heavy atom. The number of nitrogens with one attached hydrogen (secondary N) is 4. The number of hydrogen-bond acceptors (Lipinski definition) is 7. The molecule has 1 amide bonds. The number of anilines is 1. The van der Waals surface area contributed by atoms with E-state index >= 15 is 0 Å². The molecule has 4 unspecified atom stereocenters. The zero-order valence-corrected chi connectivity index (χ0v) is 22.4. The molecule has 5 heterocycles. The molecule has 2 fully saturated rings. The van der Waals surface area contributed by atoms with Gasteiger partial charge in [0.05, 0.1) is 23.4 Å². The number of hydrazine groups is 1. The Morgan fingerprint density at radius 3 is 2.78 bits per heavy atom. The van der Waals surface area contributed by atoms with Gasteiger partial charge in [-0.2, -0.15) is 0 Å². The Hall–Kier alpha value is -3.14. The monoisotopic (exact) mass is 515 g/mol. The topological polar surface area (TPSA) is 108 Å². The van der Waals surface area contributed by atoms with E-state index in [0.717, 1.165) is 47.5 Å². The molecule has 9 heteroatoms. The number of hydrogen-bond donors (Lipinski definition) is 4. The summed E-state index contributed by atoms with van der Waals surface area (Å²) in [4.78, 5) is 32.5. The molecule has 0 bridgehead atoms. The summed E-state index contributed by atoms with van der Waals surface area (Å²) in [5.74, 6) is 1.67. The maximum absolute atomic E-state index is 12.5. The van der Waals surface area contributed by atoms with Crippen LogP contribution in [0.1, 0.15) is 68.3 Å². The number of pyridine rings is 2. The van der Waals surface area contributed by atoms with Gasteiger partial charge in [0.2, 0.25) is 5.91 Å². The van der Waals surface area contributed by atoms with Crippen LogP contribution in [0.2, 0.25) is 0 Å². The first-order chi connectivity index (χ1) is 17.8. The molecule has 1 aliphatic carbocycles. The predicted molar refractivity (Wildman–Crippen MR) is 147 cm³/mol. The van der Waals surface area contributed by atoms with Crippen molar-refractivity contribution in [1.82, 2.24) is 30.8 Å². The molecular weight excluding hydrogens is 482 g/mol. The van der Waals surface area contributed by atoms with Crippen LogP contribution in [0.15, 0.2) is 42.9 Å². The number of aryl methyl sites for hydroxylation is 1. The zero-order chi connectivity index (χ0) is 25.7. The average molecular weight is 516 g/mol. The molecule has 4 aromatic rings. The smallest absolute Gasteiger partial charge is 0.229 e. The zero-order valence-electron chi connectivity index (χ0n) is 21.6. The van der Waals surface area contributed by atoms with E-state index in [4.69, 9.17) is 4.98 Å². The van der Waals surface area contributed by atoms with E-state index in [9.17, 15) is 4.79 Å². The maximum Gasteiger partial charge on any atom is 0.229 e. The molecule has 4 aromatic heterocycles. The Bertz CT molecular complexity index is 1450. The molecule has 0 aromatic carbocycles. The molecule has 1 saturated carbocycles. The van der Waals surface area contributed by atoms with Gasteiger partial charge in [-0.1, -0.05) is 20.8 Å². The number of thiophene rings is 1. The minimum atomic E-state index is -0.452. The minimum absolute atomic E-state index is 0.00464. The normalized spacial score (nSPS) is 23.8. The lowest BCUT2D eigenvalue weighted by molar-refractivity contribution is -0.123. The van der Waals surface area contributed by atoms with Crippen LogP contribution in [0.25, 0.3) is 21.6 Å². The van der Waals surface area contributed by atoms with Crippen molar-refractivity contribution in [2.75, 3.05) is 5.32 Å². The lowest BCUT2D eigenvalue weighted by Gasteiger charge is -2.33. The van der Waals surface area contributed by atoms with Crippen molar-refractivity contribution in [1.29, 1.82) is 0 Å². The molecular formula is C28H33N7OS. The number of carbonyl (C=O) groups is 1. The van der Waals surface area contributed by atoms with Gasteiger partial charge in [-0.15, -0.1) is 11.3 Å². The second-order valence-corrected chi connectivity index (χ2v) is 12.6. The molecule has 0 radical (unpaired) electrons. The van der Waals surface area contributed by atoms with Crippen LogP contribution in [-0.2, 0) is 4.79 Å². The third kappa shape index (κ3) is 4.67. The summed E-state index contributed by atoms with van der Waals surface area (Å²) in [5, 5.41) is 3.03. The summed E-state index contributed by atoms with van der Waals surface area (Å²) in [7, 11) is 0. The van der Waals surface area contributed by atoms with Gasteiger partial charge in [-0.25, -0.2) is 15.4 Å². The second-order valence-electron chi connectivity index (χ2n) is 11.3. The molecule has 2 aliphatic rings. The van der Waals surface area contributed by atoms with Crippen LogP contribution in [-0.4, -0.2) is 31.9 Å². The predicted octanol–water partition coefficient (Wildman–Crippen LogP) is 5.48. The van der Waals surface area contributed by atoms with Gasteiger partial charge >= 0.3 is 0 Å². The minimum Gasteiger partial charge on any atom is -0.339 e. The number of nitrogens with zero attached hydrogens (tertiary/aromatic N) is 3. The van der Waals surface area contributed by atoms with Crippen LogP contribution < -0.4 is 16.2 Å². The van der Waals surface area contributed by atoms with E-state index in [0.29, 0.717) is 17.9 Å².